The van der Waals surface area contributed by atoms with Crippen LogP contribution in [0, 0.1) is 0 Å². The zero-order valence-electron chi connectivity index (χ0n) is 16.5. The molecule has 0 saturated carbocycles. The van der Waals surface area contributed by atoms with Gasteiger partial charge in [0.05, 0.1) is 30.7 Å². The summed E-state index contributed by atoms with van der Waals surface area (Å²) in [4.78, 5) is 17.1. The lowest BCUT2D eigenvalue weighted by Crippen LogP contribution is -2.24. The topological polar surface area (TPSA) is 60.5 Å². The van der Waals surface area contributed by atoms with Crippen molar-refractivity contribution < 1.29 is 14.3 Å². The first-order valence-corrected chi connectivity index (χ1v) is 11.1. The fraction of sp³-hybridized carbons (Fsp3) is 0.273. The minimum Gasteiger partial charge on any atom is -0.497 e. The largest absolute Gasteiger partial charge is 0.497 e. The van der Waals surface area contributed by atoms with Crippen LogP contribution in [0.15, 0.2) is 63.8 Å². The molecule has 1 heterocycles. The highest BCUT2D eigenvalue weighted by Crippen LogP contribution is 2.37. The summed E-state index contributed by atoms with van der Waals surface area (Å²) in [5.74, 6) is 0.815. The second-order valence-electron chi connectivity index (χ2n) is 6.28. The van der Waals surface area contributed by atoms with Gasteiger partial charge in [0.2, 0.25) is 0 Å². The predicted octanol–water partition coefficient (Wildman–Crippen LogP) is 6.00. The molecule has 0 unspecified atom stereocenters. The number of rotatable bonds is 9. The molecule has 152 valence electrons. The molecule has 5 nitrogen and oxygen atoms in total. The Bertz CT molecular complexity index is 929. The summed E-state index contributed by atoms with van der Waals surface area (Å²) in [6, 6.07) is 16.4. The van der Waals surface area contributed by atoms with Crippen LogP contribution in [0.3, 0.4) is 0 Å². The molecule has 0 fully saturated rings. The predicted molar refractivity (Wildman–Crippen MR) is 118 cm³/mol. The summed E-state index contributed by atoms with van der Waals surface area (Å²) in [6.07, 6.45) is 3.30. The second kappa shape index (κ2) is 10.9. The van der Waals surface area contributed by atoms with Gasteiger partial charge in [-0.1, -0.05) is 55.4 Å². The Morgan fingerprint density at radius 2 is 2.00 bits per heavy atom. The first-order chi connectivity index (χ1) is 14.2. The average Bonchev–Trinajstić information content (AvgIpc) is 3.20. The Labute approximate surface area is 179 Å². The minimum atomic E-state index is -0.400. The first-order valence-electron chi connectivity index (χ1n) is 9.45. The van der Waals surface area contributed by atoms with Crippen LogP contribution in [0.1, 0.15) is 24.8 Å². The fourth-order valence-corrected chi connectivity index (χ4v) is 4.62. The van der Waals surface area contributed by atoms with Crippen LogP contribution < -0.4 is 10.1 Å². The number of hydrogen-bond acceptors (Lipinski definition) is 6. The first kappa shape index (κ1) is 21.2. The van der Waals surface area contributed by atoms with Crippen molar-refractivity contribution in [2.45, 2.75) is 35.4 Å². The number of thiazole rings is 1. The molecule has 3 rings (SSSR count). The molecule has 3 aromatic rings. The van der Waals surface area contributed by atoms with E-state index in [-0.39, 0.29) is 0 Å². The van der Waals surface area contributed by atoms with E-state index < -0.39 is 6.09 Å². The van der Waals surface area contributed by atoms with Gasteiger partial charge in [0, 0.05) is 4.90 Å². The molecule has 1 amide bonds. The van der Waals surface area contributed by atoms with E-state index in [1.165, 1.54) is 0 Å². The van der Waals surface area contributed by atoms with Gasteiger partial charge in [0.25, 0.3) is 0 Å². The Hall–Kier alpha value is -2.51. The number of carbonyl (C=O) groups excluding carboxylic acids is 1. The highest BCUT2D eigenvalue weighted by molar-refractivity contribution is 8.01. The molecule has 0 radical (unpaired) electrons. The SMILES string of the molecule is CCCCOC(=O)NCc1ncc(Sc2cc(OC)cc(-c3ccccc3)c2)s1. The number of ether oxygens (including phenoxy) is 2. The number of nitrogens with one attached hydrogen (secondary N) is 1. The molecule has 0 aliphatic rings. The van der Waals surface area contributed by atoms with Crippen molar-refractivity contribution in [3.63, 3.8) is 0 Å². The molecule has 29 heavy (non-hydrogen) atoms. The summed E-state index contributed by atoms with van der Waals surface area (Å²) in [5.41, 5.74) is 2.25. The Morgan fingerprint density at radius 3 is 2.76 bits per heavy atom. The van der Waals surface area contributed by atoms with Crippen LogP contribution >= 0.6 is 23.1 Å². The van der Waals surface area contributed by atoms with E-state index in [0.29, 0.717) is 13.2 Å². The maximum atomic E-state index is 11.7. The van der Waals surface area contributed by atoms with Crippen LogP contribution in [0.5, 0.6) is 5.75 Å². The van der Waals surface area contributed by atoms with Crippen LogP contribution in [0.2, 0.25) is 0 Å². The smallest absolute Gasteiger partial charge is 0.407 e. The lowest BCUT2D eigenvalue weighted by Gasteiger charge is -2.08. The zero-order chi connectivity index (χ0) is 20.5. The van der Waals surface area contributed by atoms with Crippen LogP contribution in [0.25, 0.3) is 11.1 Å². The summed E-state index contributed by atoms with van der Waals surface area (Å²) >= 11 is 3.18. The maximum Gasteiger partial charge on any atom is 0.407 e. The number of aromatic nitrogens is 1. The van der Waals surface area contributed by atoms with Crippen LogP contribution in [0.4, 0.5) is 4.79 Å². The number of benzene rings is 2. The van der Waals surface area contributed by atoms with Crippen LogP contribution in [-0.4, -0.2) is 24.8 Å². The number of unbranched alkanes of at least 4 members (excludes halogenated alkanes) is 1. The van der Waals surface area contributed by atoms with Crippen molar-refractivity contribution in [2.75, 3.05) is 13.7 Å². The monoisotopic (exact) mass is 428 g/mol. The lowest BCUT2D eigenvalue weighted by molar-refractivity contribution is 0.144. The molecular formula is C22H24N2O3S2. The van der Waals surface area contributed by atoms with Gasteiger partial charge >= 0.3 is 6.09 Å². The Morgan fingerprint density at radius 1 is 1.17 bits per heavy atom. The summed E-state index contributed by atoms with van der Waals surface area (Å²) < 4.78 is 11.6. The third kappa shape index (κ3) is 6.51. The van der Waals surface area contributed by atoms with E-state index in [2.05, 4.69) is 35.4 Å². The molecule has 0 aliphatic heterocycles. The number of methoxy groups -OCH3 is 1. The molecule has 1 aromatic heterocycles. The van der Waals surface area contributed by atoms with Gasteiger partial charge in [0.15, 0.2) is 0 Å². The third-order valence-corrected chi connectivity index (χ3v) is 6.16. The Balaban J connectivity index is 1.64. The molecule has 7 heteroatoms. The van der Waals surface area contributed by atoms with Crippen molar-refractivity contribution in [2.24, 2.45) is 0 Å². The average molecular weight is 429 g/mol. The van der Waals surface area contributed by atoms with Gasteiger partial charge < -0.3 is 14.8 Å². The van der Waals surface area contributed by atoms with Gasteiger partial charge in [-0.3, -0.25) is 0 Å². The summed E-state index contributed by atoms with van der Waals surface area (Å²) in [5, 5.41) is 3.58. The Kier molecular flexibility index (Phi) is 7.95. The number of carbonyl (C=O) groups is 1. The van der Waals surface area contributed by atoms with E-state index in [4.69, 9.17) is 9.47 Å². The molecule has 0 atom stereocenters. The quantitative estimate of drug-likeness (QED) is 0.424. The maximum absolute atomic E-state index is 11.7. The highest BCUT2D eigenvalue weighted by atomic mass is 32.2. The standard InChI is InChI=1S/C22H24N2O3S2/c1-3-4-10-27-22(25)24-14-20-23-15-21(29-20)28-19-12-17(11-18(13-19)26-2)16-8-6-5-7-9-16/h5-9,11-13,15H,3-4,10,14H2,1-2H3,(H,24,25). The normalized spacial score (nSPS) is 10.6. The summed E-state index contributed by atoms with van der Waals surface area (Å²) in [6.45, 7) is 2.87. The van der Waals surface area contributed by atoms with Crippen molar-refractivity contribution in [1.82, 2.24) is 10.3 Å². The molecule has 0 aliphatic carbocycles. The van der Waals surface area contributed by atoms with E-state index in [1.807, 2.05) is 36.5 Å². The molecule has 0 saturated heterocycles. The van der Waals surface area contributed by atoms with Gasteiger partial charge in [-0.25, -0.2) is 9.78 Å². The van der Waals surface area contributed by atoms with Gasteiger partial charge in [-0.15, -0.1) is 11.3 Å². The number of amides is 1. The molecule has 0 bridgehead atoms. The van der Waals surface area contributed by atoms with Crippen molar-refractivity contribution >= 4 is 29.2 Å². The van der Waals surface area contributed by atoms with Crippen LogP contribution in [-0.2, 0) is 11.3 Å². The minimum absolute atomic E-state index is 0.365. The summed E-state index contributed by atoms with van der Waals surface area (Å²) in [7, 11) is 1.68. The van der Waals surface area contributed by atoms with Gasteiger partial charge in [-0.2, -0.15) is 0 Å². The van der Waals surface area contributed by atoms with E-state index >= 15 is 0 Å². The second-order valence-corrected chi connectivity index (χ2v) is 8.77. The molecular weight excluding hydrogens is 404 g/mol. The van der Waals surface area contributed by atoms with Gasteiger partial charge in [0.1, 0.15) is 10.8 Å². The lowest BCUT2D eigenvalue weighted by atomic mass is 10.1. The van der Waals surface area contributed by atoms with Crippen molar-refractivity contribution in [1.29, 1.82) is 0 Å². The number of nitrogens with zero attached hydrogens (tertiary/aromatic N) is 1. The van der Waals surface area contributed by atoms with E-state index in [0.717, 1.165) is 43.8 Å². The highest BCUT2D eigenvalue weighted by Gasteiger charge is 2.09. The number of hydrogen-bond donors (Lipinski definition) is 1. The van der Waals surface area contributed by atoms with E-state index in [1.54, 1.807) is 30.2 Å². The third-order valence-electron chi connectivity index (χ3n) is 4.09. The van der Waals surface area contributed by atoms with Crippen molar-refractivity contribution in [3.8, 4) is 16.9 Å². The van der Waals surface area contributed by atoms with Gasteiger partial charge in [-0.05, 0) is 35.7 Å². The fourth-order valence-electron chi connectivity index (χ4n) is 2.59. The molecule has 0 spiro atoms. The zero-order valence-corrected chi connectivity index (χ0v) is 18.1. The van der Waals surface area contributed by atoms with E-state index in [9.17, 15) is 4.79 Å². The molecule has 2 aromatic carbocycles. The number of alkyl carbamates (subject to hydrolysis) is 1. The molecule has 1 N–H and O–H groups in total. The van der Waals surface area contributed by atoms with Crippen molar-refractivity contribution in [3.05, 3.63) is 59.7 Å².